The average molecular weight is 529 g/mol. The lowest BCUT2D eigenvalue weighted by Crippen LogP contribution is -2.36. The molecule has 0 saturated carbocycles. The lowest BCUT2D eigenvalue weighted by molar-refractivity contribution is -0.141. The fourth-order valence-corrected chi connectivity index (χ4v) is 6.03. The van der Waals surface area contributed by atoms with Crippen LogP contribution in [-0.2, 0) is 26.1 Å². The van der Waals surface area contributed by atoms with Crippen molar-refractivity contribution in [3.8, 4) is 5.75 Å². The van der Waals surface area contributed by atoms with Crippen molar-refractivity contribution < 1.29 is 22.7 Å². The highest BCUT2D eigenvalue weighted by Gasteiger charge is 2.29. The van der Waals surface area contributed by atoms with Crippen molar-refractivity contribution in [3.05, 3.63) is 65.7 Å². The monoisotopic (exact) mass is 528 g/mol. The number of unbranched alkanes of at least 4 members (excludes halogenated alkanes) is 1. The van der Waals surface area contributed by atoms with Crippen molar-refractivity contribution in [2.24, 2.45) is 0 Å². The van der Waals surface area contributed by atoms with Gasteiger partial charge >= 0.3 is 5.97 Å². The molecule has 1 heterocycles. The molecule has 36 heavy (non-hydrogen) atoms. The summed E-state index contributed by atoms with van der Waals surface area (Å²) < 4.78 is 41.5. The minimum absolute atomic E-state index is 0.0794. The zero-order valence-corrected chi connectivity index (χ0v) is 22.1. The molecule has 4 rings (SSSR count). The largest absolute Gasteiger partial charge is 0.497 e. The van der Waals surface area contributed by atoms with Gasteiger partial charge in [-0.15, -0.1) is 0 Å². The molecule has 0 aliphatic heterocycles. The molecule has 7 nitrogen and oxygen atoms in total. The van der Waals surface area contributed by atoms with Crippen LogP contribution in [-0.4, -0.2) is 39.2 Å². The molecule has 0 atom stereocenters. The fourth-order valence-electron chi connectivity index (χ4n) is 4.28. The second-order valence-corrected chi connectivity index (χ2v) is 10.7. The van der Waals surface area contributed by atoms with Gasteiger partial charge in [-0.3, -0.25) is 9.10 Å². The maximum Gasteiger partial charge on any atom is 0.326 e. The van der Waals surface area contributed by atoms with Crippen LogP contribution >= 0.6 is 11.6 Å². The zero-order valence-electron chi connectivity index (χ0n) is 20.5. The minimum Gasteiger partial charge on any atom is -0.497 e. The average Bonchev–Trinajstić information content (AvgIpc) is 3.19. The number of aryl methyl sites for hydroxylation is 1. The van der Waals surface area contributed by atoms with Gasteiger partial charge in [0.05, 0.1) is 24.3 Å². The first kappa shape index (κ1) is 25.9. The van der Waals surface area contributed by atoms with Gasteiger partial charge < -0.3 is 14.0 Å². The molecule has 0 N–H and O–H groups in total. The van der Waals surface area contributed by atoms with Crippen molar-refractivity contribution in [3.63, 3.8) is 0 Å². The number of nitrogens with zero attached hydrogens (tertiary/aromatic N) is 2. The first-order chi connectivity index (χ1) is 17.3. The lowest BCUT2D eigenvalue weighted by Gasteiger charge is -2.24. The van der Waals surface area contributed by atoms with Crippen LogP contribution < -0.4 is 9.04 Å². The van der Waals surface area contributed by atoms with Gasteiger partial charge in [0.2, 0.25) is 0 Å². The Morgan fingerprint density at radius 1 is 1.00 bits per heavy atom. The Morgan fingerprint density at radius 2 is 1.75 bits per heavy atom. The summed E-state index contributed by atoms with van der Waals surface area (Å²) in [6.45, 7) is 4.57. The molecule has 0 bridgehead atoms. The second kappa shape index (κ2) is 10.8. The van der Waals surface area contributed by atoms with E-state index in [1.807, 2.05) is 43.3 Å². The summed E-state index contributed by atoms with van der Waals surface area (Å²) in [5.41, 5.74) is 2.39. The van der Waals surface area contributed by atoms with E-state index in [0.717, 1.165) is 39.1 Å². The van der Waals surface area contributed by atoms with Crippen LogP contribution in [0, 0.1) is 0 Å². The van der Waals surface area contributed by atoms with E-state index in [1.165, 1.54) is 25.3 Å². The van der Waals surface area contributed by atoms with E-state index in [2.05, 4.69) is 11.5 Å². The normalized spacial score (nSPS) is 11.7. The van der Waals surface area contributed by atoms with Gasteiger partial charge in [-0.2, -0.15) is 0 Å². The molecule has 1 aromatic heterocycles. The molecule has 0 aliphatic rings. The zero-order chi connectivity index (χ0) is 25.9. The number of aromatic nitrogens is 1. The van der Waals surface area contributed by atoms with E-state index in [-0.39, 0.29) is 16.5 Å². The highest BCUT2D eigenvalue weighted by atomic mass is 35.5. The minimum atomic E-state index is -4.19. The van der Waals surface area contributed by atoms with E-state index in [9.17, 15) is 13.2 Å². The van der Waals surface area contributed by atoms with Crippen molar-refractivity contribution in [1.29, 1.82) is 0 Å². The first-order valence-electron chi connectivity index (χ1n) is 11.8. The van der Waals surface area contributed by atoms with Gasteiger partial charge in [0, 0.05) is 39.4 Å². The van der Waals surface area contributed by atoms with Gasteiger partial charge in [0.15, 0.2) is 0 Å². The van der Waals surface area contributed by atoms with Crippen molar-refractivity contribution in [2.75, 3.05) is 24.6 Å². The molecule has 0 fully saturated rings. The second-order valence-electron chi connectivity index (χ2n) is 8.38. The van der Waals surface area contributed by atoms with Crippen LogP contribution in [0.4, 0.5) is 5.69 Å². The Hall–Kier alpha value is -3.23. The molecule has 4 aromatic rings. The molecule has 0 saturated heterocycles. The highest BCUT2D eigenvalue weighted by Crippen LogP contribution is 2.35. The number of rotatable bonds is 10. The van der Waals surface area contributed by atoms with Crippen LogP contribution in [0.1, 0.15) is 26.7 Å². The molecule has 0 unspecified atom stereocenters. The van der Waals surface area contributed by atoms with Gasteiger partial charge in [-0.05, 0) is 49.7 Å². The third kappa shape index (κ3) is 5.01. The summed E-state index contributed by atoms with van der Waals surface area (Å²) in [7, 11) is -2.76. The van der Waals surface area contributed by atoms with Gasteiger partial charge in [-0.1, -0.05) is 43.1 Å². The molecular formula is C27H29ClN2O5S. The summed E-state index contributed by atoms with van der Waals surface area (Å²) in [6.07, 6.45) is 1.56. The summed E-state index contributed by atoms with van der Waals surface area (Å²) in [6, 6.07) is 17.6. The molecule has 0 amide bonds. The predicted octanol–water partition coefficient (Wildman–Crippen LogP) is 6.02. The quantitative estimate of drug-likeness (QED) is 0.186. The summed E-state index contributed by atoms with van der Waals surface area (Å²) in [4.78, 5) is 12.6. The number of ether oxygens (including phenoxy) is 2. The highest BCUT2D eigenvalue weighted by molar-refractivity contribution is 7.92. The number of benzene rings is 3. The van der Waals surface area contributed by atoms with Crippen LogP contribution in [0.15, 0.2) is 65.6 Å². The first-order valence-corrected chi connectivity index (χ1v) is 13.7. The molecular weight excluding hydrogens is 500 g/mol. The van der Waals surface area contributed by atoms with Crippen molar-refractivity contribution in [2.45, 2.75) is 38.1 Å². The third-order valence-electron chi connectivity index (χ3n) is 6.06. The van der Waals surface area contributed by atoms with Crippen LogP contribution in [0.25, 0.3) is 21.8 Å². The number of hydrogen-bond donors (Lipinski definition) is 0. The Morgan fingerprint density at radius 3 is 2.47 bits per heavy atom. The molecule has 3 aromatic carbocycles. The number of carbonyl (C=O) groups is 1. The van der Waals surface area contributed by atoms with Gasteiger partial charge in [-0.25, -0.2) is 8.42 Å². The van der Waals surface area contributed by atoms with Crippen LogP contribution in [0.5, 0.6) is 5.75 Å². The molecule has 0 radical (unpaired) electrons. The van der Waals surface area contributed by atoms with E-state index < -0.39 is 22.5 Å². The van der Waals surface area contributed by atoms with Crippen molar-refractivity contribution in [1.82, 2.24) is 4.57 Å². The summed E-state index contributed by atoms with van der Waals surface area (Å²) in [5.74, 6) is -0.329. The Balaban J connectivity index is 1.86. The number of para-hydroxylation sites is 1. The van der Waals surface area contributed by atoms with Crippen LogP contribution in [0.2, 0.25) is 5.02 Å². The topological polar surface area (TPSA) is 77.8 Å². The predicted molar refractivity (Wildman–Crippen MR) is 144 cm³/mol. The van der Waals surface area contributed by atoms with Gasteiger partial charge in [0.25, 0.3) is 10.0 Å². The van der Waals surface area contributed by atoms with Crippen LogP contribution in [0.3, 0.4) is 0 Å². The Kier molecular flexibility index (Phi) is 7.76. The fraction of sp³-hybridized carbons (Fsp3) is 0.296. The number of methoxy groups -OCH3 is 1. The van der Waals surface area contributed by atoms with Gasteiger partial charge in [0.1, 0.15) is 12.3 Å². The Labute approximate surface area is 216 Å². The molecule has 0 aliphatic carbocycles. The number of carbonyl (C=O) groups excluding carboxylic acids is 1. The molecule has 190 valence electrons. The molecule has 0 spiro atoms. The maximum absolute atomic E-state index is 13.9. The third-order valence-corrected chi connectivity index (χ3v) is 8.03. The Bertz CT molecular complexity index is 1510. The van der Waals surface area contributed by atoms with E-state index >= 15 is 0 Å². The summed E-state index contributed by atoms with van der Waals surface area (Å²) in [5, 5.41) is 2.11. The number of sulfonamides is 1. The number of esters is 1. The van der Waals surface area contributed by atoms with E-state index in [1.54, 1.807) is 6.07 Å². The number of hydrogen-bond acceptors (Lipinski definition) is 5. The lowest BCUT2D eigenvalue weighted by atomic mass is 10.1. The SMILES string of the molecule is CCCCOC(=O)CN(c1ccc2c(c1)c1ccccc1n2CC)S(=O)(=O)c1cc(Cl)cc(OC)c1. The summed E-state index contributed by atoms with van der Waals surface area (Å²) >= 11 is 6.18. The number of fused-ring (bicyclic) bond motifs is 3. The van der Waals surface area contributed by atoms with E-state index in [4.69, 9.17) is 21.1 Å². The standard InChI is InChI=1S/C27H29ClN2O5S/c1-4-6-13-35-27(31)18-30(36(32,33)22-15-19(28)14-21(17-22)34-3)20-11-12-26-24(16-20)23-9-7-8-10-25(23)29(26)5-2/h7-12,14-17H,4-6,13,18H2,1-3H3. The molecule has 9 heteroatoms. The number of halogens is 1. The number of anilines is 1. The van der Waals surface area contributed by atoms with Crippen molar-refractivity contribution >= 4 is 55.1 Å². The van der Waals surface area contributed by atoms with E-state index in [0.29, 0.717) is 17.9 Å². The maximum atomic E-state index is 13.9. The smallest absolute Gasteiger partial charge is 0.326 e.